The molecule has 0 saturated heterocycles. The Bertz CT molecular complexity index is 745. The fourth-order valence-corrected chi connectivity index (χ4v) is 2.56. The molecule has 21 heavy (non-hydrogen) atoms. The third-order valence-corrected chi connectivity index (χ3v) is 3.93. The second-order valence-electron chi connectivity index (χ2n) is 4.20. The van der Waals surface area contributed by atoms with Crippen molar-refractivity contribution in [2.24, 2.45) is 0 Å². The number of anilines is 1. The topological polar surface area (TPSA) is 77.8 Å². The minimum atomic E-state index is 0.418. The molecule has 0 spiro atoms. The molecule has 2 heterocycles. The Hall–Kier alpha value is -2.05. The average molecular weight is 319 g/mol. The number of pyridine rings is 1. The number of thioether (sulfide) groups is 1. The maximum atomic E-state index is 6.10. The van der Waals surface area contributed by atoms with E-state index < -0.39 is 0 Å². The summed E-state index contributed by atoms with van der Waals surface area (Å²) < 4.78 is 5.62. The molecule has 3 rings (SSSR count). The van der Waals surface area contributed by atoms with Crippen LogP contribution in [0.2, 0.25) is 5.02 Å². The van der Waals surface area contributed by atoms with Gasteiger partial charge in [-0.1, -0.05) is 35.5 Å². The van der Waals surface area contributed by atoms with Gasteiger partial charge in [0.25, 0.3) is 0 Å². The Kier molecular flexibility index (Phi) is 4.08. The quantitative estimate of drug-likeness (QED) is 0.740. The summed E-state index contributed by atoms with van der Waals surface area (Å²) >= 11 is 7.60. The summed E-state index contributed by atoms with van der Waals surface area (Å²) in [6.45, 7) is 0. The maximum absolute atomic E-state index is 6.10. The molecule has 1 aromatic carbocycles. The van der Waals surface area contributed by atoms with Crippen molar-refractivity contribution in [1.29, 1.82) is 0 Å². The van der Waals surface area contributed by atoms with Crippen LogP contribution >= 0.6 is 23.4 Å². The zero-order chi connectivity index (χ0) is 14.7. The molecule has 0 atom stereocenters. The van der Waals surface area contributed by atoms with Gasteiger partial charge >= 0.3 is 0 Å². The van der Waals surface area contributed by atoms with E-state index in [2.05, 4.69) is 15.2 Å². The van der Waals surface area contributed by atoms with E-state index in [1.807, 2.05) is 24.3 Å². The molecule has 5 nitrogen and oxygen atoms in total. The van der Waals surface area contributed by atoms with Gasteiger partial charge in [0.1, 0.15) is 0 Å². The van der Waals surface area contributed by atoms with Crippen LogP contribution in [0.1, 0.15) is 5.89 Å². The van der Waals surface area contributed by atoms with Gasteiger partial charge in [-0.15, -0.1) is 10.2 Å². The molecule has 0 fully saturated rings. The van der Waals surface area contributed by atoms with Gasteiger partial charge in [0.15, 0.2) is 0 Å². The van der Waals surface area contributed by atoms with Gasteiger partial charge in [-0.05, 0) is 24.3 Å². The molecule has 106 valence electrons. The Balaban J connectivity index is 1.71. The lowest BCUT2D eigenvalue weighted by Gasteiger charge is -1.98. The highest BCUT2D eigenvalue weighted by Gasteiger charge is 2.11. The van der Waals surface area contributed by atoms with E-state index in [4.69, 9.17) is 21.8 Å². The van der Waals surface area contributed by atoms with Crippen LogP contribution in [0, 0.1) is 0 Å². The summed E-state index contributed by atoms with van der Waals surface area (Å²) in [6.07, 6.45) is 1.62. The molecule has 7 heteroatoms. The van der Waals surface area contributed by atoms with Crippen molar-refractivity contribution >= 4 is 29.1 Å². The Labute approximate surface area is 130 Å². The average Bonchev–Trinajstić information content (AvgIpc) is 2.96. The third kappa shape index (κ3) is 3.34. The van der Waals surface area contributed by atoms with E-state index in [1.54, 1.807) is 18.3 Å². The van der Waals surface area contributed by atoms with Crippen molar-refractivity contribution < 1.29 is 4.42 Å². The number of nitrogen functional groups attached to an aromatic ring is 1. The molecule has 0 aliphatic heterocycles. The summed E-state index contributed by atoms with van der Waals surface area (Å²) in [7, 11) is 0. The number of hydrogen-bond acceptors (Lipinski definition) is 6. The van der Waals surface area contributed by atoms with Crippen LogP contribution < -0.4 is 5.73 Å². The van der Waals surface area contributed by atoms with E-state index >= 15 is 0 Å². The lowest BCUT2D eigenvalue weighted by molar-refractivity contribution is 0.528. The van der Waals surface area contributed by atoms with E-state index in [-0.39, 0.29) is 0 Å². The first kappa shape index (κ1) is 13.9. The van der Waals surface area contributed by atoms with Gasteiger partial charge in [-0.2, -0.15) is 0 Å². The van der Waals surface area contributed by atoms with Crippen molar-refractivity contribution in [3.8, 4) is 11.5 Å². The fraction of sp³-hybridized carbons (Fsp3) is 0.0714. The molecule has 0 aliphatic carbocycles. The summed E-state index contributed by atoms with van der Waals surface area (Å²) in [5.41, 5.74) is 6.96. The fourth-order valence-electron chi connectivity index (χ4n) is 1.67. The number of hydrogen-bond donors (Lipinski definition) is 1. The number of nitrogens with two attached hydrogens (primary N) is 1. The Morgan fingerprint density at radius 2 is 2.00 bits per heavy atom. The van der Waals surface area contributed by atoms with Crippen molar-refractivity contribution in [2.45, 2.75) is 10.8 Å². The Morgan fingerprint density at radius 1 is 1.14 bits per heavy atom. The highest BCUT2D eigenvalue weighted by Crippen LogP contribution is 2.28. The van der Waals surface area contributed by atoms with E-state index in [9.17, 15) is 0 Å². The molecule has 0 unspecified atom stereocenters. The lowest BCUT2D eigenvalue weighted by atomic mass is 10.2. The molecule has 0 amide bonds. The van der Waals surface area contributed by atoms with Gasteiger partial charge in [0.05, 0.1) is 33.2 Å². The predicted molar refractivity (Wildman–Crippen MR) is 83.0 cm³/mol. The number of halogens is 1. The molecular formula is C14H11ClN4OS. The number of rotatable bonds is 4. The maximum Gasteiger partial charge on any atom is 0.249 e. The first-order chi connectivity index (χ1) is 10.2. The van der Waals surface area contributed by atoms with Crippen LogP contribution in [0.15, 0.2) is 52.0 Å². The Morgan fingerprint density at radius 3 is 2.76 bits per heavy atom. The summed E-state index contributed by atoms with van der Waals surface area (Å²) in [6, 6.07) is 11.0. The van der Waals surface area contributed by atoms with Gasteiger partial charge in [0, 0.05) is 0 Å². The zero-order valence-corrected chi connectivity index (χ0v) is 12.4. The van der Waals surface area contributed by atoms with Crippen LogP contribution in [-0.4, -0.2) is 15.2 Å². The monoisotopic (exact) mass is 318 g/mol. The number of benzene rings is 1. The van der Waals surface area contributed by atoms with Crippen LogP contribution in [0.4, 0.5) is 5.69 Å². The molecular weight excluding hydrogens is 308 g/mol. The molecule has 2 N–H and O–H groups in total. The normalized spacial score (nSPS) is 10.7. The van der Waals surface area contributed by atoms with Crippen LogP contribution in [0.3, 0.4) is 0 Å². The first-order valence-corrected chi connectivity index (χ1v) is 7.50. The summed E-state index contributed by atoms with van der Waals surface area (Å²) in [4.78, 5) is 4.20. The van der Waals surface area contributed by atoms with E-state index in [0.717, 1.165) is 10.6 Å². The molecule has 2 aromatic heterocycles. The highest BCUT2D eigenvalue weighted by molar-refractivity contribution is 7.98. The van der Waals surface area contributed by atoms with Gasteiger partial charge in [-0.25, -0.2) is 4.98 Å². The molecule has 0 aliphatic rings. The molecule has 0 saturated carbocycles. The van der Waals surface area contributed by atoms with Crippen molar-refractivity contribution in [3.63, 3.8) is 0 Å². The first-order valence-electron chi connectivity index (χ1n) is 6.14. The van der Waals surface area contributed by atoms with Gasteiger partial charge in [0.2, 0.25) is 11.8 Å². The summed E-state index contributed by atoms with van der Waals surface area (Å²) in [5.74, 6) is 1.48. The summed E-state index contributed by atoms with van der Waals surface area (Å²) in [5, 5.41) is 9.47. The van der Waals surface area contributed by atoms with Crippen LogP contribution in [-0.2, 0) is 5.75 Å². The van der Waals surface area contributed by atoms with Crippen molar-refractivity contribution in [3.05, 3.63) is 53.5 Å². The number of aromatic nitrogens is 3. The largest absolute Gasteiger partial charge is 0.420 e. The minimum Gasteiger partial charge on any atom is -0.420 e. The molecule has 0 radical (unpaired) electrons. The minimum absolute atomic E-state index is 0.418. The zero-order valence-electron chi connectivity index (χ0n) is 10.9. The van der Waals surface area contributed by atoms with E-state index in [0.29, 0.717) is 28.2 Å². The van der Waals surface area contributed by atoms with Crippen molar-refractivity contribution in [1.82, 2.24) is 15.2 Å². The number of nitrogens with zero attached hydrogens (tertiary/aromatic N) is 3. The lowest BCUT2D eigenvalue weighted by Crippen LogP contribution is -1.87. The second-order valence-corrected chi connectivity index (χ2v) is 5.60. The highest BCUT2D eigenvalue weighted by atomic mass is 35.5. The SMILES string of the molecule is Nc1ccc(SCc2nnc(-c3ccccc3Cl)o2)nc1. The van der Waals surface area contributed by atoms with Crippen LogP contribution in [0.25, 0.3) is 11.5 Å². The van der Waals surface area contributed by atoms with Crippen LogP contribution in [0.5, 0.6) is 0 Å². The standard InChI is InChI=1S/C14H11ClN4OS/c15-11-4-2-1-3-10(11)14-19-18-12(20-14)8-21-13-6-5-9(16)7-17-13/h1-7H,8,16H2. The van der Waals surface area contributed by atoms with Gasteiger partial charge < -0.3 is 10.2 Å². The van der Waals surface area contributed by atoms with E-state index in [1.165, 1.54) is 11.8 Å². The third-order valence-electron chi connectivity index (χ3n) is 2.67. The van der Waals surface area contributed by atoms with Crippen molar-refractivity contribution in [2.75, 3.05) is 5.73 Å². The second kappa shape index (κ2) is 6.15. The molecule has 0 bridgehead atoms. The molecule has 3 aromatic rings. The van der Waals surface area contributed by atoms with Gasteiger partial charge in [-0.3, -0.25) is 0 Å². The smallest absolute Gasteiger partial charge is 0.249 e. The predicted octanol–water partition coefficient (Wildman–Crippen LogP) is 3.66.